The summed E-state index contributed by atoms with van der Waals surface area (Å²) in [6, 6.07) is 11.5. The Morgan fingerprint density at radius 3 is 0.586 bits per heavy atom. The number of phenolic OH excluding ortho intramolecular Hbond substituents is 3. The zero-order valence-corrected chi connectivity index (χ0v) is 47.2. The Morgan fingerprint density at radius 2 is 0.500 bits per heavy atom. The van der Waals surface area contributed by atoms with Crippen LogP contribution in [0.15, 0.2) is 36.4 Å². The molecule has 0 aromatic heterocycles. The van der Waals surface area contributed by atoms with E-state index in [-0.39, 0.29) is 71.2 Å². The van der Waals surface area contributed by atoms with Crippen LogP contribution < -0.4 is 15.3 Å². The van der Waals surface area contributed by atoms with Gasteiger partial charge in [0.15, 0.2) is 0 Å². The molecule has 0 aliphatic carbocycles. The van der Waals surface area contributed by atoms with Gasteiger partial charge in [0.25, 0.3) is 0 Å². The average Bonchev–Trinajstić information content (AvgIpc) is 3.18. The predicted molar refractivity (Wildman–Crippen MR) is 267 cm³/mol. The molecule has 0 heterocycles. The average molecular weight is 1070 g/mol. The number of aliphatic hydroxyl groups excluding tert-OH is 4. The first kappa shape index (κ1) is 68.0. The number of hydrogen-bond donors (Lipinski definition) is 7. The third-order valence-corrected chi connectivity index (χ3v) is 11.6. The molecular formula is C56H87O13Ru. The van der Waals surface area contributed by atoms with Crippen LogP contribution in [0.4, 0.5) is 0 Å². The minimum absolute atomic E-state index is 0. The fraction of sp³-hybridized carbons (Fsp3) is 0.625. The number of phenols is 3. The van der Waals surface area contributed by atoms with Gasteiger partial charge in [-0.25, -0.2) is 0 Å². The first-order valence-electron chi connectivity index (χ1n) is 23.7. The Hall–Kier alpha value is -4.07. The van der Waals surface area contributed by atoms with E-state index in [2.05, 4.69) is 0 Å². The summed E-state index contributed by atoms with van der Waals surface area (Å²) in [5, 5.41) is 97.5. The Kier molecular flexibility index (Phi) is 26.3. The second-order valence-electron chi connectivity index (χ2n) is 24.4. The van der Waals surface area contributed by atoms with Gasteiger partial charge in [0, 0.05) is 17.9 Å². The normalized spacial score (nSPS) is 12.3. The summed E-state index contributed by atoms with van der Waals surface area (Å²) in [5.74, 6) is -2.18. The van der Waals surface area contributed by atoms with E-state index >= 15 is 0 Å². The molecule has 3 aromatic carbocycles. The molecule has 397 valence electrons. The van der Waals surface area contributed by atoms with E-state index in [0.717, 1.165) is 50.1 Å². The first-order valence-corrected chi connectivity index (χ1v) is 23.7. The van der Waals surface area contributed by atoms with E-state index in [0.29, 0.717) is 36.5 Å². The predicted octanol–water partition coefficient (Wildman–Crippen LogP) is 5.95. The van der Waals surface area contributed by atoms with Crippen molar-refractivity contribution < 1.29 is 84.9 Å². The SMILES string of the molecule is CC(C)(C)c1cc(CCC(=O)[O-])cc(C(C)(C)C)c1O.CC(C)(C)c1cc(CCC(=O)[O-])cc(C(C)(C)C)c1O.CC(C)(C)c1cc(CCC(=O)[O-])cc(C(C)(C)C)c1O.OCC(CO)(CO)CO.[Ru+3]. The molecule has 13 nitrogen and oxygen atoms in total. The van der Waals surface area contributed by atoms with Crippen molar-refractivity contribution in [3.8, 4) is 17.2 Å². The molecule has 0 atom stereocenters. The maximum absolute atomic E-state index is 10.6. The molecule has 1 radical (unpaired) electrons. The Labute approximate surface area is 432 Å². The molecule has 0 fully saturated rings. The number of carboxylic acid groups (broad SMARTS) is 3. The molecule has 0 saturated carbocycles. The summed E-state index contributed by atoms with van der Waals surface area (Å²) in [6.07, 6.45) is 1.27. The van der Waals surface area contributed by atoms with E-state index in [1.807, 2.05) is 161 Å². The molecule has 0 aliphatic heterocycles. The second-order valence-corrected chi connectivity index (χ2v) is 24.4. The maximum Gasteiger partial charge on any atom is 3.00 e. The largest absolute Gasteiger partial charge is 3.00 e. The summed E-state index contributed by atoms with van der Waals surface area (Å²) in [7, 11) is 0. The molecule has 0 spiro atoms. The molecule has 0 unspecified atom stereocenters. The van der Waals surface area contributed by atoms with Gasteiger partial charge in [0.05, 0.1) is 31.8 Å². The first-order chi connectivity index (χ1) is 31.0. The molecule has 70 heavy (non-hydrogen) atoms. The fourth-order valence-electron chi connectivity index (χ4n) is 6.99. The number of hydrogen-bond acceptors (Lipinski definition) is 13. The van der Waals surface area contributed by atoms with Crippen LogP contribution in [0.3, 0.4) is 0 Å². The zero-order chi connectivity index (χ0) is 54.5. The molecule has 0 saturated heterocycles. The van der Waals surface area contributed by atoms with Crippen LogP contribution in [0.2, 0.25) is 0 Å². The van der Waals surface area contributed by atoms with Gasteiger partial charge in [0.2, 0.25) is 0 Å². The van der Waals surface area contributed by atoms with E-state index in [1.54, 1.807) is 0 Å². The van der Waals surface area contributed by atoms with Crippen molar-refractivity contribution in [2.45, 2.75) is 196 Å². The molecule has 0 amide bonds. The fourth-order valence-corrected chi connectivity index (χ4v) is 6.99. The summed E-state index contributed by atoms with van der Waals surface area (Å²) < 4.78 is 0. The van der Waals surface area contributed by atoms with E-state index in [1.165, 1.54) is 0 Å². The van der Waals surface area contributed by atoms with Gasteiger partial charge >= 0.3 is 19.5 Å². The summed E-state index contributed by atoms with van der Waals surface area (Å²) in [4.78, 5) is 31.9. The number of carboxylic acids is 3. The molecule has 3 rings (SSSR count). The summed E-state index contributed by atoms with van der Waals surface area (Å²) in [6.45, 7) is 35.1. The molecule has 7 N–H and O–H groups in total. The van der Waals surface area contributed by atoms with Crippen LogP contribution in [0, 0.1) is 5.41 Å². The third kappa shape index (κ3) is 22.1. The van der Waals surface area contributed by atoms with Crippen molar-refractivity contribution in [1.82, 2.24) is 0 Å². The van der Waals surface area contributed by atoms with Crippen LogP contribution in [0.25, 0.3) is 0 Å². The Bertz CT molecular complexity index is 1800. The van der Waals surface area contributed by atoms with Gasteiger partial charge in [-0.1, -0.05) is 161 Å². The van der Waals surface area contributed by atoms with Gasteiger partial charge in [-0.2, -0.15) is 0 Å². The number of aliphatic hydroxyl groups is 4. The molecule has 0 aliphatic rings. The van der Waals surface area contributed by atoms with Crippen molar-refractivity contribution in [2.75, 3.05) is 26.4 Å². The van der Waals surface area contributed by atoms with Gasteiger partial charge in [0.1, 0.15) is 17.2 Å². The smallest absolute Gasteiger partial charge is 0.550 e. The van der Waals surface area contributed by atoms with Crippen molar-refractivity contribution in [2.24, 2.45) is 5.41 Å². The third-order valence-electron chi connectivity index (χ3n) is 11.6. The van der Waals surface area contributed by atoms with Gasteiger partial charge < -0.3 is 65.4 Å². The number of aliphatic carboxylic acids is 3. The number of carbonyl (C=O) groups excluding carboxylic acids is 3. The van der Waals surface area contributed by atoms with Crippen molar-refractivity contribution in [3.63, 3.8) is 0 Å². The number of aromatic hydroxyl groups is 3. The number of rotatable bonds is 13. The van der Waals surface area contributed by atoms with Crippen LogP contribution in [0.5, 0.6) is 17.2 Å². The van der Waals surface area contributed by atoms with Crippen molar-refractivity contribution in [1.29, 1.82) is 0 Å². The standard InChI is InChI=1S/3C17H26O3.C5H12O4.Ru/c3*1-16(2,3)12-9-11(7-8-14(18)19)10-13(15(12)20)17(4,5)6;6-1-5(2-7,3-8)4-9;/h3*9-10,20H,7-8H2,1-6H3,(H,18,19);6-9H,1-4H2;/q;;;;+3/p-3. The quantitative estimate of drug-likeness (QED) is 0.0978. The van der Waals surface area contributed by atoms with E-state index < -0.39 is 49.8 Å². The summed E-state index contributed by atoms with van der Waals surface area (Å²) in [5.41, 5.74) is 5.69. The monoisotopic (exact) mass is 1070 g/mol. The van der Waals surface area contributed by atoms with Crippen molar-refractivity contribution in [3.05, 3.63) is 86.5 Å². The number of aryl methyl sites for hydroxylation is 3. The Balaban J connectivity index is 0. The minimum Gasteiger partial charge on any atom is -0.550 e. The van der Waals surface area contributed by atoms with E-state index in [4.69, 9.17) is 20.4 Å². The van der Waals surface area contributed by atoms with Crippen molar-refractivity contribution >= 4 is 17.9 Å². The molecule has 0 bridgehead atoms. The van der Waals surface area contributed by atoms with Crippen LogP contribution in [-0.2, 0) is 85.6 Å². The number of carbonyl (C=O) groups is 3. The van der Waals surface area contributed by atoms with Crippen LogP contribution >= 0.6 is 0 Å². The topological polar surface area (TPSA) is 262 Å². The van der Waals surface area contributed by atoms with E-state index in [9.17, 15) is 45.0 Å². The molecule has 3 aromatic rings. The van der Waals surface area contributed by atoms with Gasteiger partial charge in [-0.3, -0.25) is 0 Å². The minimum atomic E-state index is -1.11. The van der Waals surface area contributed by atoms with Gasteiger partial charge in [-0.05, 0) is 121 Å². The van der Waals surface area contributed by atoms with Gasteiger partial charge in [-0.15, -0.1) is 0 Å². The molecule has 14 heteroatoms. The summed E-state index contributed by atoms with van der Waals surface area (Å²) >= 11 is 0. The maximum atomic E-state index is 10.6. The second kappa shape index (κ2) is 27.1. The van der Waals surface area contributed by atoms with Crippen LogP contribution in [0.1, 0.15) is 194 Å². The van der Waals surface area contributed by atoms with Crippen LogP contribution in [-0.4, -0.2) is 80.1 Å². The number of benzene rings is 3. The Morgan fingerprint density at radius 1 is 0.357 bits per heavy atom. The zero-order valence-electron chi connectivity index (χ0n) is 45.5. The molecular weight excluding hydrogens is 982 g/mol.